The first kappa shape index (κ1) is 12.0. The summed E-state index contributed by atoms with van der Waals surface area (Å²) in [7, 11) is 0. The van der Waals surface area contributed by atoms with E-state index in [4.69, 9.17) is 0 Å². The maximum atomic E-state index is 11.0. The Bertz CT molecular complexity index is 203. The molecule has 0 aliphatic carbocycles. The fraction of sp³-hybridized carbons (Fsp3) is 0.800. The van der Waals surface area contributed by atoms with Crippen molar-refractivity contribution in [3.05, 3.63) is 0 Å². The highest BCUT2D eigenvalue weighted by Gasteiger charge is 2.09. The molecule has 1 aliphatic rings. The number of nitrogens with one attached hydrogen (secondary N) is 2. The van der Waals surface area contributed by atoms with Crippen LogP contribution in [-0.4, -0.2) is 49.9 Å². The number of likely N-dealkylation sites (tertiary alicyclic amines) is 1. The number of piperidine rings is 1. The van der Waals surface area contributed by atoms with Crippen molar-refractivity contribution < 1.29 is 9.59 Å². The maximum Gasteiger partial charge on any atom is 0.315 e. The average molecular weight is 213 g/mol. The first-order valence-electron chi connectivity index (χ1n) is 5.50. The Morgan fingerprint density at radius 2 is 1.93 bits per heavy atom. The molecule has 0 saturated carbocycles. The van der Waals surface area contributed by atoms with E-state index >= 15 is 0 Å². The largest absolute Gasteiger partial charge is 0.337 e. The molecule has 2 amide bonds. The topological polar surface area (TPSA) is 61.4 Å². The van der Waals surface area contributed by atoms with Crippen LogP contribution in [-0.2, 0) is 4.79 Å². The van der Waals surface area contributed by atoms with Gasteiger partial charge in [-0.1, -0.05) is 6.42 Å². The van der Waals surface area contributed by atoms with E-state index in [2.05, 4.69) is 15.5 Å². The van der Waals surface area contributed by atoms with E-state index in [1.54, 1.807) is 0 Å². The number of urea groups is 1. The van der Waals surface area contributed by atoms with Gasteiger partial charge < -0.3 is 20.3 Å². The van der Waals surface area contributed by atoms with Crippen molar-refractivity contribution in [3.8, 4) is 0 Å². The lowest BCUT2D eigenvalue weighted by atomic mass is 10.1. The minimum absolute atomic E-state index is 0.0789. The number of hydrogen-bond donors (Lipinski definition) is 2. The van der Waals surface area contributed by atoms with Gasteiger partial charge >= 0.3 is 6.03 Å². The summed E-state index contributed by atoms with van der Waals surface area (Å²) in [5.41, 5.74) is 0. The molecule has 86 valence electrons. The van der Waals surface area contributed by atoms with E-state index in [0.717, 1.165) is 19.6 Å². The van der Waals surface area contributed by atoms with Crippen molar-refractivity contribution in [2.24, 2.45) is 0 Å². The van der Waals surface area contributed by atoms with Crippen LogP contribution >= 0.6 is 0 Å². The van der Waals surface area contributed by atoms with Crippen molar-refractivity contribution in [2.75, 3.05) is 32.7 Å². The smallest absolute Gasteiger partial charge is 0.315 e. The minimum Gasteiger partial charge on any atom is -0.337 e. The third kappa shape index (κ3) is 5.37. The summed E-state index contributed by atoms with van der Waals surface area (Å²) >= 11 is 0. The number of rotatable bonds is 5. The molecule has 0 bridgehead atoms. The molecule has 1 aliphatic heterocycles. The zero-order chi connectivity index (χ0) is 10.9. The number of hydrogen-bond acceptors (Lipinski definition) is 3. The van der Waals surface area contributed by atoms with Crippen LogP contribution in [0, 0.1) is 0 Å². The third-order valence-electron chi connectivity index (χ3n) is 2.51. The first-order chi connectivity index (χ1) is 7.33. The molecule has 0 radical (unpaired) electrons. The molecule has 1 fully saturated rings. The Morgan fingerprint density at radius 3 is 2.60 bits per heavy atom. The second-order valence-electron chi connectivity index (χ2n) is 3.71. The average Bonchev–Trinajstić information content (AvgIpc) is 2.28. The summed E-state index contributed by atoms with van der Waals surface area (Å²) in [6.45, 7) is 3.89. The van der Waals surface area contributed by atoms with Gasteiger partial charge in [0.2, 0.25) is 0 Å². The van der Waals surface area contributed by atoms with Crippen molar-refractivity contribution >= 4 is 12.3 Å². The summed E-state index contributed by atoms with van der Waals surface area (Å²) in [5, 5.41) is 5.15. The van der Waals surface area contributed by atoms with Crippen LogP contribution in [0.2, 0.25) is 0 Å². The van der Waals surface area contributed by atoms with E-state index in [9.17, 15) is 9.59 Å². The number of nitrogens with zero attached hydrogens (tertiary/aromatic N) is 1. The normalized spacial score (nSPS) is 17.1. The van der Waals surface area contributed by atoms with Gasteiger partial charge in [-0.25, -0.2) is 4.79 Å². The van der Waals surface area contributed by atoms with Gasteiger partial charge in [0.05, 0.1) is 6.54 Å². The van der Waals surface area contributed by atoms with Gasteiger partial charge in [-0.05, 0) is 25.9 Å². The van der Waals surface area contributed by atoms with Gasteiger partial charge in [0, 0.05) is 13.1 Å². The zero-order valence-corrected chi connectivity index (χ0v) is 9.00. The van der Waals surface area contributed by atoms with Crippen molar-refractivity contribution in [2.45, 2.75) is 19.3 Å². The highest BCUT2D eigenvalue weighted by Crippen LogP contribution is 2.06. The van der Waals surface area contributed by atoms with Crippen LogP contribution in [0.1, 0.15) is 19.3 Å². The number of carbonyl (C=O) groups is 2. The van der Waals surface area contributed by atoms with Crippen molar-refractivity contribution in [1.29, 1.82) is 0 Å². The van der Waals surface area contributed by atoms with Gasteiger partial charge in [0.15, 0.2) is 0 Å². The summed E-state index contributed by atoms with van der Waals surface area (Å²) in [4.78, 5) is 23.4. The summed E-state index contributed by atoms with van der Waals surface area (Å²) in [6.07, 6.45) is 4.52. The molecule has 0 aromatic carbocycles. The lowest BCUT2D eigenvalue weighted by Crippen LogP contribution is -2.42. The zero-order valence-electron chi connectivity index (χ0n) is 9.00. The lowest BCUT2D eigenvalue weighted by Gasteiger charge is -2.26. The van der Waals surface area contributed by atoms with Crippen LogP contribution in [0.15, 0.2) is 0 Å². The Kier molecular flexibility index (Phi) is 5.77. The second-order valence-corrected chi connectivity index (χ2v) is 3.71. The van der Waals surface area contributed by atoms with Crippen LogP contribution in [0.5, 0.6) is 0 Å². The van der Waals surface area contributed by atoms with E-state index in [-0.39, 0.29) is 12.6 Å². The molecule has 1 rings (SSSR count). The van der Waals surface area contributed by atoms with Crippen molar-refractivity contribution in [3.63, 3.8) is 0 Å². The van der Waals surface area contributed by atoms with Gasteiger partial charge in [-0.15, -0.1) is 0 Å². The van der Waals surface area contributed by atoms with E-state index in [1.807, 2.05) is 0 Å². The molecule has 5 heteroatoms. The molecule has 0 spiro atoms. The Labute approximate surface area is 90.2 Å². The standard InChI is InChI=1S/C10H19N3O2/c14-9-5-12-10(15)11-4-8-13-6-2-1-3-7-13/h9H,1-8H2,(H2,11,12,15). The van der Waals surface area contributed by atoms with Gasteiger partial charge in [0.25, 0.3) is 0 Å². The Balaban J connectivity index is 1.99. The predicted molar refractivity (Wildman–Crippen MR) is 57.8 cm³/mol. The van der Waals surface area contributed by atoms with E-state index < -0.39 is 0 Å². The molecular formula is C10H19N3O2. The molecule has 0 atom stereocenters. The minimum atomic E-state index is -0.265. The molecule has 0 aromatic rings. The molecular weight excluding hydrogens is 194 g/mol. The van der Waals surface area contributed by atoms with Crippen LogP contribution in [0.4, 0.5) is 4.79 Å². The highest BCUT2D eigenvalue weighted by molar-refractivity contribution is 5.76. The Morgan fingerprint density at radius 1 is 1.20 bits per heavy atom. The number of aldehydes is 1. The van der Waals surface area contributed by atoms with Crippen LogP contribution in [0.3, 0.4) is 0 Å². The monoisotopic (exact) mass is 213 g/mol. The summed E-state index contributed by atoms with van der Waals surface area (Å²) in [5.74, 6) is 0. The molecule has 5 nitrogen and oxygen atoms in total. The molecule has 15 heavy (non-hydrogen) atoms. The van der Waals surface area contributed by atoms with Crippen LogP contribution < -0.4 is 10.6 Å². The number of carbonyl (C=O) groups excluding carboxylic acids is 2. The SMILES string of the molecule is O=CCNC(=O)NCCN1CCCCC1. The first-order valence-corrected chi connectivity index (χ1v) is 5.50. The lowest BCUT2D eigenvalue weighted by molar-refractivity contribution is -0.107. The van der Waals surface area contributed by atoms with Gasteiger partial charge in [-0.2, -0.15) is 0 Å². The molecule has 0 unspecified atom stereocenters. The fourth-order valence-corrected chi connectivity index (χ4v) is 1.71. The molecule has 1 saturated heterocycles. The third-order valence-corrected chi connectivity index (χ3v) is 2.51. The van der Waals surface area contributed by atoms with E-state index in [0.29, 0.717) is 12.8 Å². The molecule has 2 N–H and O–H groups in total. The quantitative estimate of drug-likeness (QED) is 0.630. The van der Waals surface area contributed by atoms with Gasteiger partial charge in [-0.3, -0.25) is 0 Å². The summed E-state index contributed by atoms with van der Waals surface area (Å²) < 4.78 is 0. The Hall–Kier alpha value is -1.10. The van der Waals surface area contributed by atoms with Crippen molar-refractivity contribution in [1.82, 2.24) is 15.5 Å². The number of amides is 2. The highest BCUT2D eigenvalue weighted by atomic mass is 16.2. The predicted octanol–water partition coefficient (Wildman–Crippen LogP) is -0.0296. The van der Waals surface area contributed by atoms with E-state index in [1.165, 1.54) is 19.3 Å². The molecule has 1 heterocycles. The fourth-order valence-electron chi connectivity index (χ4n) is 1.71. The van der Waals surface area contributed by atoms with Crippen LogP contribution in [0.25, 0.3) is 0 Å². The maximum absolute atomic E-state index is 11.0. The molecule has 0 aromatic heterocycles. The second kappa shape index (κ2) is 7.23. The van der Waals surface area contributed by atoms with Gasteiger partial charge in [0.1, 0.15) is 6.29 Å². The summed E-state index contributed by atoms with van der Waals surface area (Å²) in [6, 6.07) is -0.265.